The Balaban J connectivity index is 1.89. The fourth-order valence-corrected chi connectivity index (χ4v) is 2.74. The molecule has 0 radical (unpaired) electrons. The van der Waals surface area contributed by atoms with Gasteiger partial charge in [0, 0.05) is 18.6 Å². The van der Waals surface area contributed by atoms with Crippen LogP contribution in [0.1, 0.15) is 25.0 Å². The van der Waals surface area contributed by atoms with Crippen LogP contribution >= 0.6 is 0 Å². The molecule has 21 heavy (non-hydrogen) atoms. The van der Waals surface area contributed by atoms with Crippen LogP contribution in [0.3, 0.4) is 0 Å². The largest absolute Gasteiger partial charge is 0.490 e. The number of hydrogen-bond acceptors (Lipinski definition) is 4. The van der Waals surface area contributed by atoms with Crippen LogP contribution in [-0.2, 0) is 4.74 Å². The number of aryl methyl sites for hydroxylation is 2. The van der Waals surface area contributed by atoms with Crippen LogP contribution in [0, 0.1) is 13.8 Å². The summed E-state index contributed by atoms with van der Waals surface area (Å²) >= 11 is 0. The molecular weight excluding hydrogens is 266 g/mol. The molecule has 1 fully saturated rings. The molecule has 1 saturated heterocycles. The maximum absolute atomic E-state index is 10.3. The summed E-state index contributed by atoms with van der Waals surface area (Å²) < 4.78 is 11.3. The van der Waals surface area contributed by atoms with E-state index in [4.69, 9.17) is 9.47 Å². The molecule has 4 nitrogen and oxygen atoms in total. The summed E-state index contributed by atoms with van der Waals surface area (Å²) in [5.74, 6) is 0.887. The van der Waals surface area contributed by atoms with Crippen LogP contribution < -0.4 is 4.74 Å². The van der Waals surface area contributed by atoms with Crippen LogP contribution in [0.15, 0.2) is 18.2 Å². The average molecular weight is 293 g/mol. The molecule has 0 aromatic heterocycles. The summed E-state index contributed by atoms with van der Waals surface area (Å²) in [5.41, 5.74) is 2.18. The van der Waals surface area contributed by atoms with E-state index in [-0.39, 0.29) is 5.54 Å². The standard InChI is InChI=1S/C17H27NO3/c1-13-6-5-7-14(2)16(13)21-11-15(19)10-18-8-9-20-12-17(18,3)4/h5-7,15,19H,8-12H2,1-4H3. The van der Waals surface area contributed by atoms with Crippen molar-refractivity contribution in [3.8, 4) is 5.75 Å². The minimum atomic E-state index is -0.499. The molecule has 1 N–H and O–H groups in total. The molecule has 1 heterocycles. The Morgan fingerprint density at radius 1 is 1.33 bits per heavy atom. The first-order chi connectivity index (χ1) is 9.90. The zero-order chi connectivity index (χ0) is 15.5. The van der Waals surface area contributed by atoms with Crippen molar-refractivity contribution in [2.24, 2.45) is 0 Å². The molecule has 1 atom stereocenters. The minimum Gasteiger partial charge on any atom is -0.490 e. The van der Waals surface area contributed by atoms with Gasteiger partial charge in [-0.25, -0.2) is 0 Å². The Morgan fingerprint density at radius 2 is 2.00 bits per heavy atom. The van der Waals surface area contributed by atoms with E-state index in [1.807, 2.05) is 32.0 Å². The lowest BCUT2D eigenvalue weighted by atomic mass is 10.0. The molecular formula is C17H27NO3. The molecule has 0 spiro atoms. The van der Waals surface area contributed by atoms with Gasteiger partial charge in [-0.05, 0) is 38.8 Å². The summed E-state index contributed by atoms with van der Waals surface area (Å²) in [7, 11) is 0. The molecule has 0 saturated carbocycles. The summed E-state index contributed by atoms with van der Waals surface area (Å²) in [6.45, 7) is 11.6. The van der Waals surface area contributed by atoms with Crippen LogP contribution in [0.25, 0.3) is 0 Å². The number of ether oxygens (including phenoxy) is 2. The van der Waals surface area contributed by atoms with Gasteiger partial charge >= 0.3 is 0 Å². The molecule has 1 aromatic rings. The Kier molecular flexibility index (Phi) is 5.25. The molecule has 0 aliphatic carbocycles. The lowest BCUT2D eigenvalue weighted by Gasteiger charge is -2.42. The third kappa shape index (κ3) is 4.19. The summed E-state index contributed by atoms with van der Waals surface area (Å²) in [6, 6.07) is 6.07. The van der Waals surface area contributed by atoms with Crippen molar-refractivity contribution in [3.05, 3.63) is 29.3 Å². The molecule has 0 amide bonds. The van der Waals surface area contributed by atoms with Crippen molar-refractivity contribution in [3.63, 3.8) is 0 Å². The van der Waals surface area contributed by atoms with Crippen molar-refractivity contribution < 1.29 is 14.6 Å². The fourth-order valence-electron chi connectivity index (χ4n) is 2.74. The molecule has 1 aliphatic rings. The summed E-state index contributed by atoms with van der Waals surface area (Å²) in [4.78, 5) is 2.27. The van der Waals surface area contributed by atoms with Gasteiger partial charge in [0.05, 0.1) is 13.2 Å². The number of para-hydroxylation sites is 1. The van der Waals surface area contributed by atoms with Gasteiger partial charge in [-0.15, -0.1) is 0 Å². The summed E-state index contributed by atoms with van der Waals surface area (Å²) in [5, 5.41) is 10.3. The molecule has 1 unspecified atom stereocenters. The number of aliphatic hydroxyl groups is 1. The lowest BCUT2D eigenvalue weighted by Crippen LogP contribution is -2.55. The van der Waals surface area contributed by atoms with E-state index in [1.165, 1.54) is 0 Å². The van der Waals surface area contributed by atoms with Gasteiger partial charge in [0.1, 0.15) is 18.5 Å². The van der Waals surface area contributed by atoms with Crippen molar-refractivity contribution in [1.29, 1.82) is 0 Å². The van der Waals surface area contributed by atoms with E-state index in [1.54, 1.807) is 0 Å². The predicted molar refractivity (Wildman–Crippen MR) is 83.9 cm³/mol. The Labute approximate surface area is 127 Å². The van der Waals surface area contributed by atoms with Gasteiger partial charge < -0.3 is 14.6 Å². The second-order valence-electron chi connectivity index (χ2n) is 6.50. The third-order valence-electron chi connectivity index (χ3n) is 4.08. The lowest BCUT2D eigenvalue weighted by molar-refractivity contribution is -0.0703. The summed E-state index contributed by atoms with van der Waals surface area (Å²) in [6.07, 6.45) is -0.499. The van der Waals surface area contributed by atoms with Crippen molar-refractivity contribution in [2.45, 2.75) is 39.3 Å². The second-order valence-corrected chi connectivity index (χ2v) is 6.50. The highest BCUT2D eigenvalue weighted by molar-refractivity contribution is 5.39. The third-order valence-corrected chi connectivity index (χ3v) is 4.08. The maximum Gasteiger partial charge on any atom is 0.125 e. The highest BCUT2D eigenvalue weighted by Gasteiger charge is 2.31. The van der Waals surface area contributed by atoms with E-state index < -0.39 is 6.10 Å². The van der Waals surface area contributed by atoms with Gasteiger partial charge in [0.15, 0.2) is 0 Å². The van der Waals surface area contributed by atoms with Crippen LogP contribution in [0.5, 0.6) is 5.75 Å². The van der Waals surface area contributed by atoms with Crippen LogP contribution in [-0.4, -0.2) is 54.6 Å². The number of rotatable bonds is 5. The van der Waals surface area contributed by atoms with E-state index >= 15 is 0 Å². The Hall–Kier alpha value is -1.10. The first kappa shape index (κ1) is 16.3. The first-order valence-electron chi connectivity index (χ1n) is 7.60. The zero-order valence-electron chi connectivity index (χ0n) is 13.6. The molecule has 0 bridgehead atoms. The quantitative estimate of drug-likeness (QED) is 0.903. The number of hydrogen-bond donors (Lipinski definition) is 1. The zero-order valence-corrected chi connectivity index (χ0v) is 13.6. The number of β-amino-alcohol motifs (C(OH)–C–C–N with tert-alkyl or cyclic N) is 1. The van der Waals surface area contributed by atoms with Gasteiger partial charge in [0.2, 0.25) is 0 Å². The van der Waals surface area contributed by atoms with Crippen LogP contribution in [0.4, 0.5) is 0 Å². The fraction of sp³-hybridized carbons (Fsp3) is 0.647. The van der Waals surface area contributed by atoms with E-state index in [9.17, 15) is 5.11 Å². The van der Waals surface area contributed by atoms with E-state index in [0.29, 0.717) is 19.8 Å². The van der Waals surface area contributed by atoms with Gasteiger partial charge in [-0.3, -0.25) is 4.90 Å². The smallest absolute Gasteiger partial charge is 0.125 e. The van der Waals surface area contributed by atoms with E-state index in [0.717, 1.165) is 30.0 Å². The number of morpholine rings is 1. The van der Waals surface area contributed by atoms with Gasteiger partial charge in [-0.1, -0.05) is 18.2 Å². The minimum absolute atomic E-state index is 0.0300. The highest BCUT2D eigenvalue weighted by Crippen LogP contribution is 2.23. The first-order valence-corrected chi connectivity index (χ1v) is 7.60. The normalized spacial score (nSPS) is 20.2. The van der Waals surface area contributed by atoms with Crippen molar-refractivity contribution in [2.75, 3.05) is 32.9 Å². The van der Waals surface area contributed by atoms with Crippen molar-refractivity contribution in [1.82, 2.24) is 4.90 Å². The molecule has 2 rings (SSSR count). The molecule has 118 valence electrons. The number of nitrogens with zero attached hydrogens (tertiary/aromatic N) is 1. The Bertz CT molecular complexity index is 453. The van der Waals surface area contributed by atoms with E-state index in [2.05, 4.69) is 18.7 Å². The molecule has 1 aromatic carbocycles. The maximum atomic E-state index is 10.3. The topological polar surface area (TPSA) is 41.9 Å². The second kappa shape index (κ2) is 6.77. The van der Waals surface area contributed by atoms with Crippen molar-refractivity contribution >= 4 is 0 Å². The highest BCUT2D eigenvalue weighted by atomic mass is 16.5. The predicted octanol–water partition coefficient (Wildman–Crippen LogP) is 2.15. The SMILES string of the molecule is Cc1cccc(C)c1OCC(O)CN1CCOCC1(C)C. The Morgan fingerprint density at radius 3 is 2.62 bits per heavy atom. The number of benzene rings is 1. The van der Waals surface area contributed by atoms with Gasteiger partial charge in [0.25, 0.3) is 0 Å². The van der Waals surface area contributed by atoms with Crippen LogP contribution in [0.2, 0.25) is 0 Å². The molecule has 1 aliphatic heterocycles. The monoisotopic (exact) mass is 293 g/mol. The average Bonchev–Trinajstić information content (AvgIpc) is 2.40. The van der Waals surface area contributed by atoms with Gasteiger partial charge in [-0.2, -0.15) is 0 Å². The molecule has 4 heteroatoms. The number of aliphatic hydroxyl groups excluding tert-OH is 1.